The number of likely N-dealkylation sites (tertiary alicyclic amines) is 1. The van der Waals surface area contributed by atoms with E-state index in [0.29, 0.717) is 6.54 Å². The number of rotatable bonds is 6. The molecule has 1 aromatic carbocycles. The van der Waals surface area contributed by atoms with Crippen LogP contribution in [0.2, 0.25) is 0 Å². The molecule has 6 nitrogen and oxygen atoms in total. The van der Waals surface area contributed by atoms with Gasteiger partial charge in [-0.25, -0.2) is 0 Å². The topological polar surface area (TPSA) is 55.9 Å². The first-order valence-corrected chi connectivity index (χ1v) is 12.0. The van der Waals surface area contributed by atoms with Crippen LogP contribution in [0.3, 0.4) is 0 Å². The maximum atomic E-state index is 12.7. The molecular weight excluding hydrogens is 384 g/mol. The molecule has 0 bridgehead atoms. The van der Waals surface area contributed by atoms with Crippen molar-refractivity contribution in [2.24, 2.45) is 0 Å². The SMILES string of the molecule is CSc1ccccc1NC(=O)C(C)N1CCN(CC(=O)N2CCCCCC2)CC1. The molecule has 0 spiro atoms. The lowest BCUT2D eigenvalue weighted by atomic mass is 10.2. The number of carbonyl (C=O) groups is 2. The Kier molecular flexibility index (Phi) is 8.39. The molecular formula is C22H34N4O2S. The van der Waals surface area contributed by atoms with Crippen molar-refractivity contribution in [1.29, 1.82) is 0 Å². The number of carbonyl (C=O) groups excluding carboxylic acids is 2. The molecule has 3 rings (SSSR count). The highest BCUT2D eigenvalue weighted by atomic mass is 32.2. The number of piperazine rings is 1. The van der Waals surface area contributed by atoms with Gasteiger partial charge in [-0.05, 0) is 38.2 Å². The Morgan fingerprint density at radius 2 is 1.66 bits per heavy atom. The number of thioether (sulfide) groups is 1. The van der Waals surface area contributed by atoms with E-state index in [1.807, 2.05) is 42.3 Å². The highest BCUT2D eigenvalue weighted by Gasteiger charge is 2.27. The molecule has 2 heterocycles. The summed E-state index contributed by atoms with van der Waals surface area (Å²) in [6.45, 7) is 7.58. The Labute approximate surface area is 179 Å². The van der Waals surface area contributed by atoms with E-state index >= 15 is 0 Å². The summed E-state index contributed by atoms with van der Waals surface area (Å²) in [7, 11) is 0. The van der Waals surface area contributed by atoms with Crippen molar-refractivity contribution in [3.8, 4) is 0 Å². The van der Waals surface area contributed by atoms with E-state index in [1.165, 1.54) is 12.8 Å². The van der Waals surface area contributed by atoms with Crippen molar-refractivity contribution >= 4 is 29.3 Å². The molecule has 1 aromatic rings. The first-order valence-electron chi connectivity index (χ1n) is 10.8. The fraction of sp³-hybridized carbons (Fsp3) is 0.636. The molecule has 160 valence electrons. The molecule has 1 unspecified atom stereocenters. The summed E-state index contributed by atoms with van der Waals surface area (Å²) in [5.74, 6) is 0.292. The average molecular weight is 419 g/mol. The van der Waals surface area contributed by atoms with Gasteiger partial charge in [-0.2, -0.15) is 0 Å². The van der Waals surface area contributed by atoms with E-state index < -0.39 is 0 Å². The molecule has 0 saturated carbocycles. The molecule has 1 N–H and O–H groups in total. The predicted molar refractivity (Wildman–Crippen MR) is 119 cm³/mol. The van der Waals surface area contributed by atoms with Gasteiger partial charge in [-0.3, -0.25) is 19.4 Å². The minimum atomic E-state index is -0.187. The highest BCUT2D eigenvalue weighted by molar-refractivity contribution is 7.98. The quantitative estimate of drug-likeness (QED) is 0.720. The van der Waals surface area contributed by atoms with Crippen LogP contribution in [0, 0.1) is 0 Å². The first-order chi connectivity index (χ1) is 14.1. The minimum Gasteiger partial charge on any atom is -0.342 e. The van der Waals surface area contributed by atoms with E-state index in [0.717, 1.165) is 62.7 Å². The van der Waals surface area contributed by atoms with E-state index in [-0.39, 0.29) is 17.9 Å². The average Bonchev–Trinajstić information content (AvgIpc) is 3.04. The molecule has 0 aromatic heterocycles. The largest absolute Gasteiger partial charge is 0.342 e. The van der Waals surface area contributed by atoms with Gasteiger partial charge in [0.05, 0.1) is 18.3 Å². The summed E-state index contributed by atoms with van der Waals surface area (Å²) >= 11 is 1.63. The van der Waals surface area contributed by atoms with E-state index in [2.05, 4.69) is 15.1 Å². The van der Waals surface area contributed by atoms with Gasteiger partial charge in [0.1, 0.15) is 0 Å². The van der Waals surface area contributed by atoms with Gasteiger partial charge in [0.2, 0.25) is 11.8 Å². The molecule has 0 radical (unpaired) electrons. The number of hydrogen-bond acceptors (Lipinski definition) is 5. The second-order valence-electron chi connectivity index (χ2n) is 7.97. The molecule has 0 aliphatic carbocycles. The molecule has 2 fully saturated rings. The van der Waals surface area contributed by atoms with E-state index in [9.17, 15) is 9.59 Å². The maximum Gasteiger partial charge on any atom is 0.241 e. The normalized spacial score (nSPS) is 20.1. The Morgan fingerprint density at radius 3 is 2.31 bits per heavy atom. The van der Waals surface area contributed by atoms with Crippen LogP contribution in [0.4, 0.5) is 5.69 Å². The molecule has 1 atom stereocenters. The fourth-order valence-electron chi connectivity index (χ4n) is 4.07. The Bertz CT molecular complexity index is 683. The van der Waals surface area contributed by atoms with Gasteiger partial charge < -0.3 is 10.2 Å². The minimum absolute atomic E-state index is 0.0283. The van der Waals surface area contributed by atoms with Crippen molar-refractivity contribution in [2.75, 3.05) is 57.4 Å². The van der Waals surface area contributed by atoms with Crippen LogP contribution >= 0.6 is 11.8 Å². The number of benzene rings is 1. The molecule has 7 heteroatoms. The van der Waals surface area contributed by atoms with Gasteiger partial charge in [0, 0.05) is 44.2 Å². The van der Waals surface area contributed by atoms with Crippen molar-refractivity contribution in [3.05, 3.63) is 24.3 Å². The van der Waals surface area contributed by atoms with Crippen LogP contribution < -0.4 is 5.32 Å². The van der Waals surface area contributed by atoms with Gasteiger partial charge in [-0.15, -0.1) is 11.8 Å². The van der Waals surface area contributed by atoms with Crippen molar-refractivity contribution < 1.29 is 9.59 Å². The second kappa shape index (κ2) is 11.0. The standard InChI is InChI=1S/C22H34N4O2S/c1-18(22(28)23-19-9-5-6-10-20(19)29-2)25-15-13-24(14-16-25)17-21(27)26-11-7-3-4-8-12-26/h5-6,9-10,18H,3-4,7-8,11-17H2,1-2H3,(H,23,28). The van der Waals surface area contributed by atoms with Crippen LogP contribution in [0.15, 0.2) is 29.2 Å². The number of para-hydroxylation sites is 1. The van der Waals surface area contributed by atoms with Gasteiger partial charge in [0.25, 0.3) is 0 Å². The Morgan fingerprint density at radius 1 is 1.00 bits per heavy atom. The lowest BCUT2D eigenvalue weighted by Crippen LogP contribution is -2.54. The summed E-state index contributed by atoms with van der Waals surface area (Å²) in [4.78, 5) is 32.9. The Hall–Kier alpha value is -1.57. The number of amides is 2. The van der Waals surface area contributed by atoms with Crippen molar-refractivity contribution in [1.82, 2.24) is 14.7 Å². The lowest BCUT2D eigenvalue weighted by Gasteiger charge is -2.37. The number of nitrogens with zero attached hydrogens (tertiary/aromatic N) is 3. The zero-order valence-corrected chi connectivity index (χ0v) is 18.5. The van der Waals surface area contributed by atoms with Crippen LogP contribution in [-0.4, -0.2) is 84.6 Å². The van der Waals surface area contributed by atoms with Gasteiger partial charge >= 0.3 is 0 Å². The summed E-state index contributed by atoms with van der Waals surface area (Å²) in [5.41, 5.74) is 0.874. The zero-order chi connectivity index (χ0) is 20.6. The number of nitrogens with one attached hydrogen (secondary N) is 1. The second-order valence-corrected chi connectivity index (χ2v) is 8.82. The summed E-state index contributed by atoms with van der Waals surface area (Å²) in [5, 5.41) is 3.08. The van der Waals surface area contributed by atoms with Crippen molar-refractivity contribution in [3.63, 3.8) is 0 Å². The molecule has 2 amide bonds. The summed E-state index contributed by atoms with van der Waals surface area (Å²) in [6, 6.07) is 7.71. The predicted octanol–water partition coefficient (Wildman–Crippen LogP) is 2.76. The summed E-state index contributed by atoms with van der Waals surface area (Å²) < 4.78 is 0. The monoisotopic (exact) mass is 418 g/mol. The van der Waals surface area contributed by atoms with Crippen LogP contribution in [0.1, 0.15) is 32.6 Å². The van der Waals surface area contributed by atoms with E-state index in [1.54, 1.807) is 11.8 Å². The summed E-state index contributed by atoms with van der Waals surface area (Å²) in [6.07, 6.45) is 6.76. The van der Waals surface area contributed by atoms with Crippen LogP contribution in [0.5, 0.6) is 0 Å². The molecule has 2 saturated heterocycles. The number of hydrogen-bond donors (Lipinski definition) is 1. The third kappa shape index (κ3) is 6.20. The lowest BCUT2D eigenvalue weighted by molar-refractivity contribution is -0.133. The van der Waals surface area contributed by atoms with Crippen molar-refractivity contribution in [2.45, 2.75) is 43.5 Å². The fourth-order valence-corrected chi connectivity index (χ4v) is 4.62. The molecule has 2 aliphatic rings. The van der Waals surface area contributed by atoms with Crippen LogP contribution in [-0.2, 0) is 9.59 Å². The van der Waals surface area contributed by atoms with Gasteiger partial charge in [0.15, 0.2) is 0 Å². The smallest absolute Gasteiger partial charge is 0.241 e. The Balaban J connectivity index is 1.45. The number of anilines is 1. The van der Waals surface area contributed by atoms with Gasteiger partial charge in [-0.1, -0.05) is 25.0 Å². The first kappa shape index (κ1) is 22.1. The van der Waals surface area contributed by atoms with E-state index in [4.69, 9.17) is 0 Å². The zero-order valence-electron chi connectivity index (χ0n) is 17.7. The molecule has 2 aliphatic heterocycles. The maximum absolute atomic E-state index is 12.7. The third-order valence-corrected chi connectivity index (χ3v) is 6.81. The third-order valence-electron chi connectivity index (χ3n) is 6.02. The molecule has 29 heavy (non-hydrogen) atoms. The van der Waals surface area contributed by atoms with Crippen LogP contribution in [0.25, 0.3) is 0 Å². The highest BCUT2D eigenvalue weighted by Crippen LogP contribution is 2.25.